The predicted octanol–water partition coefficient (Wildman–Crippen LogP) is 4.87. The maximum atomic E-state index is 5.21. The summed E-state index contributed by atoms with van der Waals surface area (Å²) in [5, 5.41) is 0. The first-order valence-corrected chi connectivity index (χ1v) is 6.47. The molecule has 0 heterocycles. The van der Waals surface area contributed by atoms with Crippen molar-refractivity contribution in [2.24, 2.45) is 11.3 Å². The second-order valence-electron chi connectivity index (χ2n) is 6.39. The summed E-state index contributed by atoms with van der Waals surface area (Å²) in [6, 6.07) is 8.53. The Hall–Kier alpha value is -0.980. The monoisotopic (exact) mass is 234 g/mol. The van der Waals surface area contributed by atoms with E-state index in [1.165, 1.54) is 12.0 Å². The zero-order valence-corrected chi connectivity index (χ0v) is 12.1. The lowest BCUT2D eigenvalue weighted by Crippen LogP contribution is -2.16. The van der Waals surface area contributed by atoms with Gasteiger partial charge in [0, 0.05) is 0 Å². The standard InChI is InChI=1S/C16H26O/c1-12(2)15(11-16(3,4)5)13-7-9-14(17-6)10-8-13/h7-10,12,15H,11H2,1-6H3. The van der Waals surface area contributed by atoms with Crippen LogP contribution in [0.25, 0.3) is 0 Å². The molecule has 1 atom stereocenters. The lowest BCUT2D eigenvalue weighted by atomic mass is 9.76. The van der Waals surface area contributed by atoms with Crippen LogP contribution in [-0.4, -0.2) is 7.11 Å². The summed E-state index contributed by atoms with van der Waals surface area (Å²) in [5.41, 5.74) is 1.80. The van der Waals surface area contributed by atoms with Crippen molar-refractivity contribution in [2.45, 2.75) is 47.0 Å². The van der Waals surface area contributed by atoms with Gasteiger partial charge in [0.25, 0.3) is 0 Å². The first-order chi connectivity index (χ1) is 7.83. The fourth-order valence-corrected chi connectivity index (χ4v) is 2.25. The molecule has 17 heavy (non-hydrogen) atoms. The van der Waals surface area contributed by atoms with Crippen LogP contribution in [0.3, 0.4) is 0 Å². The summed E-state index contributed by atoms with van der Waals surface area (Å²) in [6.45, 7) is 11.5. The van der Waals surface area contributed by atoms with Crippen LogP contribution in [-0.2, 0) is 0 Å². The number of hydrogen-bond donors (Lipinski definition) is 0. The van der Waals surface area contributed by atoms with Crippen LogP contribution in [0, 0.1) is 11.3 Å². The fourth-order valence-electron chi connectivity index (χ4n) is 2.25. The van der Waals surface area contributed by atoms with E-state index < -0.39 is 0 Å². The van der Waals surface area contributed by atoms with Gasteiger partial charge in [-0.3, -0.25) is 0 Å². The van der Waals surface area contributed by atoms with Crippen LogP contribution in [0.5, 0.6) is 5.75 Å². The third-order valence-corrected chi connectivity index (χ3v) is 3.18. The number of ether oxygens (including phenoxy) is 1. The van der Waals surface area contributed by atoms with Crippen molar-refractivity contribution in [2.75, 3.05) is 7.11 Å². The van der Waals surface area contributed by atoms with Gasteiger partial charge in [-0.25, -0.2) is 0 Å². The van der Waals surface area contributed by atoms with Crippen molar-refractivity contribution in [3.05, 3.63) is 29.8 Å². The molecule has 0 saturated heterocycles. The van der Waals surface area contributed by atoms with Crippen molar-refractivity contribution in [1.29, 1.82) is 0 Å². The van der Waals surface area contributed by atoms with E-state index >= 15 is 0 Å². The molecule has 0 spiro atoms. The topological polar surface area (TPSA) is 9.23 Å². The molecule has 96 valence electrons. The molecule has 0 fully saturated rings. The minimum Gasteiger partial charge on any atom is -0.497 e. The van der Waals surface area contributed by atoms with E-state index in [4.69, 9.17) is 4.74 Å². The first kappa shape index (κ1) is 14.1. The second-order valence-corrected chi connectivity index (χ2v) is 6.39. The minimum atomic E-state index is 0.370. The Bertz CT molecular complexity index is 330. The van der Waals surface area contributed by atoms with Crippen molar-refractivity contribution >= 4 is 0 Å². The third-order valence-electron chi connectivity index (χ3n) is 3.18. The fraction of sp³-hybridized carbons (Fsp3) is 0.625. The average Bonchev–Trinajstić information content (AvgIpc) is 2.25. The molecule has 0 aliphatic rings. The summed E-state index contributed by atoms with van der Waals surface area (Å²) in [7, 11) is 1.71. The second kappa shape index (κ2) is 5.57. The lowest BCUT2D eigenvalue weighted by molar-refractivity contribution is 0.301. The van der Waals surface area contributed by atoms with E-state index in [0.29, 0.717) is 17.3 Å². The highest BCUT2D eigenvalue weighted by Gasteiger charge is 2.22. The van der Waals surface area contributed by atoms with Crippen LogP contribution in [0.15, 0.2) is 24.3 Å². The Morgan fingerprint density at radius 3 is 1.94 bits per heavy atom. The Labute approximate surface area is 106 Å². The molecule has 1 unspecified atom stereocenters. The van der Waals surface area contributed by atoms with Gasteiger partial charge in [0.15, 0.2) is 0 Å². The molecule has 1 rings (SSSR count). The van der Waals surface area contributed by atoms with Gasteiger partial charge in [0.05, 0.1) is 7.11 Å². The molecule has 0 saturated carbocycles. The molecule has 0 aliphatic carbocycles. The van der Waals surface area contributed by atoms with E-state index in [0.717, 1.165) is 5.75 Å². The summed E-state index contributed by atoms with van der Waals surface area (Å²) in [4.78, 5) is 0. The van der Waals surface area contributed by atoms with Gasteiger partial charge in [-0.1, -0.05) is 46.8 Å². The summed E-state index contributed by atoms with van der Waals surface area (Å²) < 4.78 is 5.21. The highest BCUT2D eigenvalue weighted by Crippen LogP contribution is 2.36. The smallest absolute Gasteiger partial charge is 0.118 e. The maximum absolute atomic E-state index is 5.21. The zero-order valence-electron chi connectivity index (χ0n) is 12.1. The summed E-state index contributed by atoms with van der Waals surface area (Å²) in [5.74, 6) is 2.23. The van der Waals surface area contributed by atoms with E-state index in [9.17, 15) is 0 Å². The van der Waals surface area contributed by atoms with Crippen LogP contribution < -0.4 is 4.74 Å². The molecular weight excluding hydrogens is 208 g/mol. The summed E-state index contributed by atoms with van der Waals surface area (Å²) in [6.07, 6.45) is 1.22. The number of rotatable bonds is 4. The van der Waals surface area contributed by atoms with Crippen molar-refractivity contribution < 1.29 is 4.74 Å². The first-order valence-electron chi connectivity index (χ1n) is 6.47. The van der Waals surface area contributed by atoms with Crippen molar-refractivity contribution in [3.63, 3.8) is 0 Å². The van der Waals surface area contributed by atoms with Gasteiger partial charge in [-0.2, -0.15) is 0 Å². The SMILES string of the molecule is COc1ccc(C(CC(C)(C)C)C(C)C)cc1. The van der Waals surface area contributed by atoms with Gasteiger partial charge >= 0.3 is 0 Å². The highest BCUT2D eigenvalue weighted by atomic mass is 16.5. The van der Waals surface area contributed by atoms with Crippen molar-refractivity contribution in [3.8, 4) is 5.75 Å². The zero-order chi connectivity index (χ0) is 13.1. The van der Waals surface area contributed by atoms with Gasteiger partial charge in [0.1, 0.15) is 5.75 Å². The van der Waals surface area contributed by atoms with Gasteiger partial charge in [0.2, 0.25) is 0 Å². The average molecular weight is 234 g/mol. The lowest BCUT2D eigenvalue weighted by Gasteiger charge is -2.29. The molecule has 0 bridgehead atoms. The van der Waals surface area contributed by atoms with Crippen LogP contribution in [0.2, 0.25) is 0 Å². The number of methoxy groups -OCH3 is 1. The highest BCUT2D eigenvalue weighted by molar-refractivity contribution is 5.29. The van der Waals surface area contributed by atoms with Gasteiger partial charge < -0.3 is 4.74 Å². The molecule has 0 aromatic heterocycles. The van der Waals surface area contributed by atoms with E-state index in [1.807, 2.05) is 0 Å². The minimum absolute atomic E-state index is 0.370. The van der Waals surface area contributed by atoms with Gasteiger partial charge in [-0.15, -0.1) is 0 Å². The van der Waals surface area contributed by atoms with Crippen LogP contribution >= 0.6 is 0 Å². The number of benzene rings is 1. The van der Waals surface area contributed by atoms with Gasteiger partial charge in [-0.05, 0) is 41.4 Å². The molecule has 0 aliphatic heterocycles. The maximum Gasteiger partial charge on any atom is 0.118 e. The molecule has 1 nitrogen and oxygen atoms in total. The van der Waals surface area contributed by atoms with Crippen molar-refractivity contribution in [1.82, 2.24) is 0 Å². The molecular formula is C16H26O. The Morgan fingerprint density at radius 1 is 1.06 bits per heavy atom. The molecule has 0 radical (unpaired) electrons. The summed E-state index contributed by atoms with van der Waals surface area (Å²) >= 11 is 0. The Morgan fingerprint density at radius 2 is 1.59 bits per heavy atom. The molecule has 1 aromatic rings. The molecule has 0 amide bonds. The Kier molecular flexibility index (Phi) is 4.62. The molecule has 1 heteroatoms. The van der Waals surface area contributed by atoms with E-state index in [2.05, 4.69) is 58.9 Å². The quantitative estimate of drug-likeness (QED) is 0.722. The molecule has 0 N–H and O–H groups in total. The van der Waals surface area contributed by atoms with E-state index in [-0.39, 0.29) is 0 Å². The Balaban J connectivity index is 2.89. The number of hydrogen-bond acceptors (Lipinski definition) is 1. The largest absolute Gasteiger partial charge is 0.497 e. The van der Waals surface area contributed by atoms with Crippen LogP contribution in [0.4, 0.5) is 0 Å². The normalized spacial score (nSPS) is 13.8. The third kappa shape index (κ3) is 4.41. The van der Waals surface area contributed by atoms with Crippen LogP contribution in [0.1, 0.15) is 52.5 Å². The molecule has 1 aromatic carbocycles. The van der Waals surface area contributed by atoms with E-state index in [1.54, 1.807) is 7.11 Å². The predicted molar refractivity (Wildman–Crippen MR) is 74.6 cm³/mol.